The number of benzene rings is 1. The molecule has 0 atom stereocenters. The van der Waals surface area contributed by atoms with Gasteiger partial charge in [0, 0.05) is 52.2 Å². The minimum Gasteiger partial charge on any atom is -0.378 e. The number of rotatable bonds is 5. The number of carbonyl (C=O) groups is 1. The van der Waals surface area contributed by atoms with E-state index in [1.54, 1.807) is 27.7 Å². The van der Waals surface area contributed by atoms with E-state index >= 15 is 0 Å². The van der Waals surface area contributed by atoms with Crippen molar-refractivity contribution in [2.24, 2.45) is 0 Å². The molecule has 0 bridgehead atoms. The van der Waals surface area contributed by atoms with Crippen LogP contribution in [-0.2, 0) is 26.1 Å². The summed E-state index contributed by atoms with van der Waals surface area (Å²) >= 11 is 1.01. The molecule has 9 nitrogen and oxygen atoms in total. The lowest BCUT2D eigenvalue weighted by Crippen LogP contribution is -2.46. The largest absolute Gasteiger partial charge is 0.378 e. The summed E-state index contributed by atoms with van der Waals surface area (Å²) in [6, 6.07) is 4.81. The van der Waals surface area contributed by atoms with Gasteiger partial charge in [-0.3, -0.25) is 14.2 Å². The van der Waals surface area contributed by atoms with E-state index in [0.29, 0.717) is 62.7 Å². The lowest BCUT2D eigenvalue weighted by atomic mass is 10.3. The Morgan fingerprint density at radius 1 is 1.10 bits per heavy atom. The number of morpholine rings is 1. The number of ether oxygens (including phenoxy) is 1. The Morgan fingerprint density at radius 3 is 2.50 bits per heavy atom. The SMILES string of the molecule is CN1CCN(S(=O)(=O)c2ccc3c(c2)sc(=O)n3CCC(=O)N2CCOCC2)CC1. The lowest BCUT2D eigenvalue weighted by molar-refractivity contribution is -0.135. The molecule has 2 saturated heterocycles. The number of likely N-dealkylation sites (N-methyl/N-ethyl adjacent to an activating group) is 1. The van der Waals surface area contributed by atoms with Gasteiger partial charge in [0.05, 0.1) is 28.3 Å². The monoisotopic (exact) mass is 454 g/mol. The fourth-order valence-corrected chi connectivity index (χ4v) is 6.25. The highest BCUT2D eigenvalue weighted by molar-refractivity contribution is 7.89. The molecule has 1 aromatic heterocycles. The van der Waals surface area contributed by atoms with Gasteiger partial charge in [-0.25, -0.2) is 8.42 Å². The summed E-state index contributed by atoms with van der Waals surface area (Å²) < 4.78 is 34.9. The third-order valence-electron chi connectivity index (χ3n) is 5.65. The van der Waals surface area contributed by atoms with Crippen molar-refractivity contribution in [1.29, 1.82) is 0 Å². The second-order valence-electron chi connectivity index (χ2n) is 7.60. The van der Waals surface area contributed by atoms with E-state index in [9.17, 15) is 18.0 Å². The van der Waals surface area contributed by atoms with E-state index in [4.69, 9.17) is 4.74 Å². The van der Waals surface area contributed by atoms with Gasteiger partial charge < -0.3 is 14.5 Å². The van der Waals surface area contributed by atoms with Crippen LogP contribution in [0.3, 0.4) is 0 Å². The number of aryl methyl sites for hydroxylation is 1. The molecule has 4 rings (SSSR count). The van der Waals surface area contributed by atoms with Crippen LogP contribution < -0.4 is 4.87 Å². The Hall–Kier alpha value is -1.79. The molecule has 0 radical (unpaired) electrons. The fraction of sp³-hybridized carbons (Fsp3) is 0.579. The van der Waals surface area contributed by atoms with E-state index in [-0.39, 0.29) is 28.6 Å². The number of piperazine rings is 1. The standard InChI is InChI=1S/C19H26N4O5S2/c1-20-6-8-22(9-7-20)30(26,27)15-2-3-16-17(14-15)29-19(25)23(16)5-4-18(24)21-10-12-28-13-11-21/h2-3,14H,4-13H2,1H3. The van der Waals surface area contributed by atoms with E-state index < -0.39 is 10.0 Å². The van der Waals surface area contributed by atoms with Crippen molar-refractivity contribution in [3.63, 3.8) is 0 Å². The van der Waals surface area contributed by atoms with Crippen LogP contribution in [0, 0.1) is 0 Å². The molecule has 2 aromatic rings. The molecule has 1 aromatic carbocycles. The van der Waals surface area contributed by atoms with E-state index in [0.717, 1.165) is 11.3 Å². The van der Waals surface area contributed by atoms with Gasteiger partial charge in [0.25, 0.3) is 0 Å². The Morgan fingerprint density at radius 2 is 1.80 bits per heavy atom. The zero-order valence-electron chi connectivity index (χ0n) is 16.9. The van der Waals surface area contributed by atoms with Crippen LogP contribution in [0.25, 0.3) is 10.2 Å². The quantitative estimate of drug-likeness (QED) is 0.643. The molecule has 30 heavy (non-hydrogen) atoms. The van der Waals surface area contributed by atoms with Crippen molar-refractivity contribution in [3.05, 3.63) is 27.9 Å². The van der Waals surface area contributed by atoms with Crippen LogP contribution >= 0.6 is 11.3 Å². The zero-order valence-corrected chi connectivity index (χ0v) is 18.6. The number of nitrogens with zero attached hydrogens (tertiary/aromatic N) is 4. The normalized spacial score (nSPS) is 19.4. The average Bonchev–Trinajstić information content (AvgIpc) is 3.07. The summed E-state index contributed by atoms with van der Waals surface area (Å²) in [6.07, 6.45) is 0.229. The highest BCUT2D eigenvalue weighted by Crippen LogP contribution is 2.25. The topological polar surface area (TPSA) is 92.2 Å². The van der Waals surface area contributed by atoms with E-state index in [1.807, 2.05) is 7.05 Å². The summed E-state index contributed by atoms with van der Waals surface area (Å²) in [5.74, 6) is -0.00110. The molecule has 0 N–H and O–H groups in total. The zero-order chi connectivity index (χ0) is 21.3. The van der Waals surface area contributed by atoms with E-state index in [1.165, 1.54) is 4.31 Å². The maximum Gasteiger partial charge on any atom is 0.308 e. The number of hydrogen-bond acceptors (Lipinski definition) is 7. The van der Waals surface area contributed by atoms with Crippen LogP contribution in [0.15, 0.2) is 27.9 Å². The molecular weight excluding hydrogens is 428 g/mol. The minimum absolute atomic E-state index is 0.00110. The number of carbonyl (C=O) groups excluding carboxylic acids is 1. The van der Waals surface area contributed by atoms with Gasteiger partial charge in [-0.15, -0.1) is 0 Å². The van der Waals surface area contributed by atoms with Gasteiger partial charge in [0.1, 0.15) is 0 Å². The van der Waals surface area contributed by atoms with E-state index in [2.05, 4.69) is 4.90 Å². The van der Waals surface area contributed by atoms with Gasteiger partial charge in [-0.2, -0.15) is 4.31 Å². The highest BCUT2D eigenvalue weighted by Gasteiger charge is 2.28. The molecular formula is C19H26N4O5S2. The fourth-order valence-electron chi connectivity index (χ4n) is 3.77. The summed E-state index contributed by atoms with van der Waals surface area (Å²) in [7, 11) is -1.62. The van der Waals surface area contributed by atoms with Gasteiger partial charge in [-0.1, -0.05) is 11.3 Å². The molecule has 0 aliphatic carbocycles. The molecule has 0 spiro atoms. The summed E-state index contributed by atoms with van der Waals surface area (Å²) in [5.41, 5.74) is 0.664. The molecule has 0 saturated carbocycles. The van der Waals surface area contributed by atoms with Gasteiger partial charge >= 0.3 is 4.87 Å². The molecule has 11 heteroatoms. The van der Waals surface area contributed by atoms with Crippen molar-refractivity contribution >= 4 is 37.5 Å². The third kappa shape index (κ3) is 4.30. The first kappa shape index (κ1) is 21.4. The molecule has 164 valence electrons. The average molecular weight is 455 g/mol. The number of sulfonamides is 1. The second-order valence-corrected chi connectivity index (χ2v) is 10.5. The molecule has 0 unspecified atom stereocenters. The van der Waals surface area contributed by atoms with Crippen molar-refractivity contribution in [2.75, 3.05) is 59.5 Å². The molecule has 2 fully saturated rings. The van der Waals surface area contributed by atoms with Gasteiger partial charge in [-0.05, 0) is 25.2 Å². The lowest BCUT2D eigenvalue weighted by Gasteiger charge is -2.31. The molecule has 1 amide bonds. The molecule has 3 heterocycles. The Kier molecular flexibility index (Phi) is 6.26. The highest BCUT2D eigenvalue weighted by atomic mass is 32.2. The maximum absolute atomic E-state index is 13.0. The van der Waals surface area contributed by atoms with Crippen molar-refractivity contribution < 1.29 is 17.9 Å². The van der Waals surface area contributed by atoms with Crippen LogP contribution in [0.5, 0.6) is 0 Å². The first-order chi connectivity index (χ1) is 14.4. The van der Waals surface area contributed by atoms with Crippen LogP contribution in [0.4, 0.5) is 0 Å². The van der Waals surface area contributed by atoms with Crippen molar-refractivity contribution in [3.8, 4) is 0 Å². The molecule has 2 aliphatic heterocycles. The van der Waals surface area contributed by atoms with Crippen LogP contribution in [-0.4, -0.2) is 92.5 Å². The number of aromatic nitrogens is 1. The summed E-state index contributed by atoms with van der Waals surface area (Å²) in [6.45, 7) is 4.81. The van der Waals surface area contributed by atoms with Crippen molar-refractivity contribution in [2.45, 2.75) is 17.9 Å². The third-order valence-corrected chi connectivity index (χ3v) is 8.49. The first-order valence-electron chi connectivity index (χ1n) is 10.0. The first-order valence-corrected chi connectivity index (χ1v) is 12.3. The second kappa shape index (κ2) is 8.75. The van der Waals surface area contributed by atoms with Crippen LogP contribution in [0.1, 0.15) is 6.42 Å². The number of thiazole rings is 1. The smallest absolute Gasteiger partial charge is 0.308 e. The number of hydrogen-bond donors (Lipinski definition) is 0. The minimum atomic E-state index is -3.59. The molecule has 2 aliphatic rings. The number of amides is 1. The maximum atomic E-state index is 13.0. The number of fused-ring (bicyclic) bond motifs is 1. The van der Waals surface area contributed by atoms with Crippen molar-refractivity contribution in [1.82, 2.24) is 18.7 Å². The predicted molar refractivity (Wildman–Crippen MR) is 114 cm³/mol. The Balaban J connectivity index is 1.52. The predicted octanol–water partition coefficient (Wildman–Crippen LogP) is 0.248. The summed E-state index contributed by atoms with van der Waals surface area (Å²) in [5, 5.41) is 0. The van der Waals surface area contributed by atoms with Gasteiger partial charge in [0.2, 0.25) is 15.9 Å². The van der Waals surface area contributed by atoms with Gasteiger partial charge in [0.15, 0.2) is 0 Å². The van der Waals surface area contributed by atoms with Crippen LogP contribution in [0.2, 0.25) is 0 Å². The summed E-state index contributed by atoms with van der Waals surface area (Å²) in [4.78, 5) is 28.8. The Bertz CT molecular complexity index is 1080. The Labute approximate surface area is 179 Å².